The minimum Gasteiger partial charge on any atom is -0.381 e. The number of hydrogen-bond acceptors (Lipinski definition) is 5. The molecule has 2 aliphatic rings. The second-order valence-corrected chi connectivity index (χ2v) is 8.44. The summed E-state index contributed by atoms with van der Waals surface area (Å²) in [5.41, 5.74) is 1.24. The predicted octanol–water partition coefficient (Wildman–Crippen LogP) is 2.65. The third-order valence-corrected chi connectivity index (χ3v) is 6.62. The number of benzene rings is 1. The summed E-state index contributed by atoms with van der Waals surface area (Å²) < 4.78 is 7.59. The molecule has 0 unspecified atom stereocenters. The van der Waals surface area contributed by atoms with Crippen LogP contribution in [-0.2, 0) is 22.0 Å². The number of ether oxygens (including phenoxy) is 1. The maximum Gasteiger partial charge on any atom is 0.230 e. The fraction of sp³-hybridized carbons (Fsp3) is 0.550. The molecule has 1 N–H and O–H groups in total. The molecule has 0 spiro atoms. The van der Waals surface area contributed by atoms with Gasteiger partial charge in [0.2, 0.25) is 5.91 Å². The molecule has 1 aliphatic carbocycles. The molecule has 1 aliphatic heterocycles. The van der Waals surface area contributed by atoms with Gasteiger partial charge in [-0.05, 0) is 31.2 Å². The highest BCUT2D eigenvalue weighted by molar-refractivity contribution is 7.99. The van der Waals surface area contributed by atoms with Crippen LogP contribution in [0, 0.1) is 0 Å². The summed E-state index contributed by atoms with van der Waals surface area (Å²) in [6.07, 6.45) is 4.25. The van der Waals surface area contributed by atoms with Crippen LogP contribution in [0.5, 0.6) is 0 Å². The number of amides is 1. The van der Waals surface area contributed by atoms with Crippen molar-refractivity contribution in [1.82, 2.24) is 20.1 Å². The van der Waals surface area contributed by atoms with Crippen molar-refractivity contribution in [1.29, 1.82) is 0 Å². The van der Waals surface area contributed by atoms with Gasteiger partial charge >= 0.3 is 0 Å². The molecule has 2 aromatic rings. The van der Waals surface area contributed by atoms with E-state index in [9.17, 15) is 4.79 Å². The summed E-state index contributed by atoms with van der Waals surface area (Å²) in [5, 5.41) is 12.5. The Hall–Kier alpha value is -1.86. The van der Waals surface area contributed by atoms with E-state index in [-0.39, 0.29) is 11.3 Å². The Balaban J connectivity index is 1.34. The average molecular weight is 387 g/mol. The van der Waals surface area contributed by atoms with Gasteiger partial charge in [0.1, 0.15) is 5.82 Å². The maximum absolute atomic E-state index is 12.5. The van der Waals surface area contributed by atoms with Crippen molar-refractivity contribution in [3.05, 3.63) is 41.7 Å². The van der Waals surface area contributed by atoms with Crippen LogP contribution in [0.3, 0.4) is 0 Å². The monoisotopic (exact) mass is 386 g/mol. The molecule has 6 nitrogen and oxygen atoms in total. The first-order valence-corrected chi connectivity index (χ1v) is 10.6. The zero-order valence-electron chi connectivity index (χ0n) is 15.7. The van der Waals surface area contributed by atoms with Gasteiger partial charge in [0.25, 0.3) is 0 Å². The van der Waals surface area contributed by atoms with Crippen molar-refractivity contribution >= 4 is 17.7 Å². The third-order valence-electron chi connectivity index (χ3n) is 5.60. The fourth-order valence-electron chi connectivity index (χ4n) is 3.72. The molecule has 27 heavy (non-hydrogen) atoms. The van der Waals surface area contributed by atoms with E-state index in [1.54, 1.807) is 0 Å². The van der Waals surface area contributed by atoms with Crippen LogP contribution in [0.2, 0.25) is 0 Å². The van der Waals surface area contributed by atoms with E-state index in [1.807, 2.05) is 17.7 Å². The summed E-state index contributed by atoms with van der Waals surface area (Å²) in [6, 6.07) is 10.5. The predicted molar refractivity (Wildman–Crippen MR) is 105 cm³/mol. The number of carbonyl (C=O) groups is 1. The highest BCUT2D eigenvalue weighted by Gasteiger charge is 2.34. The second kappa shape index (κ2) is 8.02. The molecule has 4 rings (SSSR count). The fourth-order valence-corrected chi connectivity index (χ4v) is 4.47. The highest BCUT2D eigenvalue weighted by Crippen LogP contribution is 2.39. The first kappa shape index (κ1) is 18.5. The van der Waals surface area contributed by atoms with Crippen LogP contribution >= 0.6 is 11.8 Å². The van der Waals surface area contributed by atoms with Crippen LogP contribution in [0.4, 0.5) is 0 Å². The lowest BCUT2D eigenvalue weighted by Gasteiger charge is -2.38. The van der Waals surface area contributed by atoms with Crippen molar-refractivity contribution < 1.29 is 9.53 Å². The number of nitrogens with zero attached hydrogens (tertiary/aromatic N) is 3. The number of rotatable bonds is 7. The maximum atomic E-state index is 12.5. The van der Waals surface area contributed by atoms with Crippen molar-refractivity contribution in [2.24, 2.45) is 7.05 Å². The highest BCUT2D eigenvalue weighted by atomic mass is 32.2. The summed E-state index contributed by atoms with van der Waals surface area (Å²) in [4.78, 5) is 12.5. The van der Waals surface area contributed by atoms with E-state index in [1.165, 1.54) is 30.2 Å². The molecule has 144 valence electrons. The van der Waals surface area contributed by atoms with E-state index >= 15 is 0 Å². The molecule has 0 bridgehead atoms. The molecule has 2 fully saturated rings. The Kier molecular flexibility index (Phi) is 5.50. The Morgan fingerprint density at radius 3 is 2.70 bits per heavy atom. The molecule has 1 aromatic carbocycles. The van der Waals surface area contributed by atoms with Gasteiger partial charge in [-0.1, -0.05) is 42.1 Å². The van der Waals surface area contributed by atoms with E-state index < -0.39 is 0 Å². The normalized spacial score (nSPS) is 19.0. The minimum atomic E-state index is -0.0379. The molecule has 1 saturated carbocycles. The largest absolute Gasteiger partial charge is 0.381 e. The molecule has 7 heteroatoms. The van der Waals surface area contributed by atoms with Crippen molar-refractivity contribution in [3.8, 4) is 0 Å². The summed E-state index contributed by atoms with van der Waals surface area (Å²) in [6.45, 7) is 2.12. The first-order valence-electron chi connectivity index (χ1n) is 9.60. The SMILES string of the molecule is Cn1c(SCC(=O)NCC2(c3ccccc3)CCOCC2)nnc1C1CC1. The number of aromatic nitrogens is 3. The molecule has 1 amide bonds. The third kappa shape index (κ3) is 4.19. The van der Waals surface area contributed by atoms with Gasteiger partial charge in [-0.2, -0.15) is 0 Å². The minimum absolute atomic E-state index is 0.0379. The quantitative estimate of drug-likeness (QED) is 0.741. The van der Waals surface area contributed by atoms with Gasteiger partial charge in [-0.15, -0.1) is 10.2 Å². The Morgan fingerprint density at radius 2 is 2.00 bits per heavy atom. The van der Waals surface area contributed by atoms with Crippen LogP contribution in [-0.4, -0.2) is 46.2 Å². The molecule has 1 aromatic heterocycles. The van der Waals surface area contributed by atoms with Crippen LogP contribution in [0.15, 0.2) is 35.5 Å². The van der Waals surface area contributed by atoms with Crippen LogP contribution < -0.4 is 5.32 Å². The molecule has 1 saturated heterocycles. The summed E-state index contributed by atoms with van der Waals surface area (Å²) in [5.74, 6) is 2.00. The standard InChI is InChI=1S/C20H26N4O2S/c1-24-18(15-7-8-15)22-23-19(24)27-13-17(25)21-14-20(9-11-26-12-10-20)16-5-3-2-4-6-16/h2-6,15H,7-14H2,1H3,(H,21,25). The van der Waals surface area contributed by atoms with Crippen molar-refractivity contribution in [3.63, 3.8) is 0 Å². The molecule has 0 radical (unpaired) electrons. The van der Waals surface area contributed by atoms with E-state index in [2.05, 4.69) is 39.8 Å². The Bertz CT molecular complexity index is 783. The van der Waals surface area contributed by atoms with Crippen LogP contribution in [0.25, 0.3) is 0 Å². The number of nitrogens with one attached hydrogen (secondary N) is 1. The first-order chi connectivity index (χ1) is 13.2. The lowest BCUT2D eigenvalue weighted by Crippen LogP contribution is -2.45. The van der Waals surface area contributed by atoms with Gasteiger partial charge in [0, 0.05) is 38.1 Å². The van der Waals surface area contributed by atoms with E-state index in [0.29, 0.717) is 18.2 Å². The number of thioether (sulfide) groups is 1. The number of hydrogen-bond donors (Lipinski definition) is 1. The van der Waals surface area contributed by atoms with Gasteiger partial charge in [0.15, 0.2) is 5.16 Å². The Labute approximate surface area is 164 Å². The molecule has 2 heterocycles. The topological polar surface area (TPSA) is 69.0 Å². The van der Waals surface area contributed by atoms with Gasteiger partial charge < -0.3 is 14.6 Å². The van der Waals surface area contributed by atoms with E-state index in [0.717, 1.165) is 37.0 Å². The van der Waals surface area contributed by atoms with Crippen LogP contribution in [0.1, 0.15) is 43.0 Å². The smallest absolute Gasteiger partial charge is 0.230 e. The lowest BCUT2D eigenvalue weighted by atomic mass is 9.74. The molecule has 0 atom stereocenters. The van der Waals surface area contributed by atoms with Gasteiger partial charge in [0.05, 0.1) is 5.75 Å². The van der Waals surface area contributed by atoms with Crippen molar-refractivity contribution in [2.45, 2.75) is 42.2 Å². The van der Waals surface area contributed by atoms with Gasteiger partial charge in [-0.3, -0.25) is 4.79 Å². The van der Waals surface area contributed by atoms with Gasteiger partial charge in [-0.25, -0.2) is 0 Å². The summed E-state index contributed by atoms with van der Waals surface area (Å²) in [7, 11) is 1.99. The average Bonchev–Trinajstić information content (AvgIpc) is 3.49. The summed E-state index contributed by atoms with van der Waals surface area (Å²) >= 11 is 1.46. The molecular formula is C20H26N4O2S. The second-order valence-electron chi connectivity index (χ2n) is 7.50. The molecular weight excluding hydrogens is 360 g/mol. The Morgan fingerprint density at radius 1 is 1.26 bits per heavy atom. The lowest BCUT2D eigenvalue weighted by molar-refractivity contribution is -0.119. The zero-order chi connectivity index (χ0) is 18.7. The number of carbonyl (C=O) groups excluding carboxylic acids is 1. The van der Waals surface area contributed by atoms with E-state index in [4.69, 9.17) is 4.74 Å². The van der Waals surface area contributed by atoms with Crippen molar-refractivity contribution in [2.75, 3.05) is 25.5 Å². The zero-order valence-corrected chi connectivity index (χ0v) is 16.5.